The van der Waals surface area contributed by atoms with Gasteiger partial charge in [-0.2, -0.15) is 0 Å². The second-order valence-corrected chi connectivity index (χ2v) is 3.19. The first-order valence-electron chi connectivity index (χ1n) is 5.23. The number of hydrogen-bond donors (Lipinski definition) is 2. The van der Waals surface area contributed by atoms with Crippen LogP contribution in [0.4, 0.5) is 12.0 Å². The fourth-order valence-corrected chi connectivity index (χ4v) is 1.02. The highest BCUT2D eigenvalue weighted by Crippen LogP contribution is 2.05. The van der Waals surface area contributed by atoms with Gasteiger partial charge in [-0.05, 0) is 12.8 Å². The molecule has 15 heavy (non-hydrogen) atoms. The predicted octanol–water partition coefficient (Wildman–Crippen LogP) is 1.27. The molecule has 0 saturated carbocycles. The van der Waals surface area contributed by atoms with Gasteiger partial charge in [0.25, 0.3) is 0 Å². The van der Waals surface area contributed by atoms with Gasteiger partial charge in [-0.3, -0.25) is 0 Å². The van der Waals surface area contributed by atoms with Crippen LogP contribution in [-0.4, -0.2) is 30.0 Å². The molecule has 1 rings (SSSR count). The van der Waals surface area contributed by atoms with Crippen LogP contribution in [-0.2, 0) is 4.74 Å². The van der Waals surface area contributed by atoms with Crippen molar-refractivity contribution in [1.82, 2.24) is 10.2 Å². The van der Waals surface area contributed by atoms with E-state index in [1.54, 1.807) is 0 Å². The molecule has 3 N–H and O–H groups in total. The number of anilines is 2. The van der Waals surface area contributed by atoms with Crippen molar-refractivity contribution >= 4 is 12.0 Å². The molecular formula is C9H18N4O2. The maximum absolute atomic E-state index is 5.39. The smallest absolute Gasteiger partial charge is 0.316 e. The third-order valence-corrected chi connectivity index (χ3v) is 1.82. The van der Waals surface area contributed by atoms with Gasteiger partial charge < -0.3 is 20.2 Å². The fourth-order valence-electron chi connectivity index (χ4n) is 1.02. The molecule has 0 aliphatic carbocycles. The van der Waals surface area contributed by atoms with Crippen LogP contribution in [0.1, 0.15) is 26.2 Å². The monoisotopic (exact) mass is 214 g/mol. The predicted molar refractivity (Wildman–Crippen MR) is 57.5 cm³/mol. The standard InChI is InChI=1S/C9H18N4O2/c1-2-3-6-14-7-4-5-11-9-13-12-8(10)15-9/h2-7H2,1H3,(H2,10,12)(H,11,13). The molecular weight excluding hydrogens is 196 g/mol. The minimum Gasteiger partial charge on any atom is -0.390 e. The largest absolute Gasteiger partial charge is 0.390 e. The van der Waals surface area contributed by atoms with E-state index >= 15 is 0 Å². The SMILES string of the molecule is CCCCOCCCNc1nnc(N)o1. The van der Waals surface area contributed by atoms with E-state index in [-0.39, 0.29) is 6.01 Å². The molecule has 86 valence electrons. The van der Waals surface area contributed by atoms with Crippen molar-refractivity contribution in [3.63, 3.8) is 0 Å². The number of nitrogens with zero attached hydrogens (tertiary/aromatic N) is 2. The zero-order valence-corrected chi connectivity index (χ0v) is 9.03. The molecule has 0 saturated heterocycles. The van der Waals surface area contributed by atoms with Crippen molar-refractivity contribution in [2.75, 3.05) is 30.8 Å². The Hall–Kier alpha value is -1.30. The molecule has 0 bridgehead atoms. The number of rotatable bonds is 8. The molecule has 0 aromatic carbocycles. The average Bonchev–Trinajstić information content (AvgIpc) is 2.63. The topological polar surface area (TPSA) is 86.2 Å². The van der Waals surface area contributed by atoms with Crippen LogP contribution < -0.4 is 11.1 Å². The summed E-state index contributed by atoms with van der Waals surface area (Å²) in [5.41, 5.74) is 5.26. The Kier molecular flexibility index (Phi) is 5.54. The van der Waals surface area contributed by atoms with E-state index in [1.807, 2.05) is 0 Å². The van der Waals surface area contributed by atoms with Crippen LogP contribution in [0.2, 0.25) is 0 Å². The van der Waals surface area contributed by atoms with Crippen LogP contribution in [0.25, 0.3) is 0 Å². The Labute approximate surface area is 89.2 Å². The van der Waals surface area contributed by atoms with E-state index in [0.29, 0.717) is 6.01 Å². The van der Waals surface area contributed by atoms with Crippen LogP contribution in [0.15, 0.2) is 4.42 Å². The molecule has 0 spiro atoms. The summed E-state index contributed by atoms with van der Waals surface area (Å²) in [5.74, 6) is 0. The summed E-state index contributed by atoms with van der Waals surface area (Å²) >= 11 is 0. The van der Waals surface area contributed by atoms with E-state index in [0.717, 1.165) is 32.6 Å². The van der Waals surface area contributed by atoms with E-state index in [1.165, 1.54) is 6.42 Å². The molecule has 0 atom stereocenters. The van der Waals surface area contributed by atoms with Crippen LogP contribution in [0.3, 0.4) is 0 Å². The van der Waals surface area contributed by atoms with Crippen molar-refractivity contribution < 1.29 is 9.15 Å². The molecule has 0 radical (unpaired) electrons. The summed E-state index contributed by atoms with van der Waals surface area (Å²) < 4.78 is 10.3. The van der Waals surface area contributed by atoms with Gasteiger partial charge in [-0.25, -0.2) is 0 Å². The van der Waals surface area contributed by atoms with Crippen molar-refractivity contribution in [2.45, 2.75) is 26.2 Å². The third-order valence-electron chi connectivity index (χ3n) is 1.82. The van der Waals surface area contributed by atoms with Crippen molar-refractivity contribution in [1.29, 1.82) is 0 Å². The molecule has 1 aromatic rings. The Morgan fingerprint density at radius 1 is 1.33 bits per heavy atom. The van der Waals surface area contributed by atoms with E-state index in [4.69, 9.17) is 14.9 Å². The highest BCUT2D eigenvalue weighted by Gasteiger charge is 1.99. The van der Waals surface area contributed by atoms with E-state index in [2.05, 4.69) is 22.4 Å². The number of hydrogen-bond acceptors (Lipinski definition) is 6. The number of nitrogens with one attached hydrogen (secondary N) is 1. The fraction of sp³-hybridized carbons (Fsp3) is 0.778. The quantitative estimate of drug-likeness (QED) is 0.634. The summed E-state index contributed by atoms with van der Waals surface area (Å²) in [6.07, 6.45) is 3.19. The minimum absolute atomic E-state index is 0.0803. The molecule has 0 aliphatic heterocycles. The lowest BCUT2D eigenvalue weighted by molar-refractivity contribution is 0.131. The van der Waals surface area contributed by atoms with Crippen LogP contribution in [0, 0.1) is 0 Å². The molecule has 6 nitrogen and oxygen atoms in total. The maximum atomic E-state index is 5.39. The van der Waals surface area contributed by atoms with Crippen molar-refractivity contribution in [2.24, 2.45) is 0 Å². The van der Waals surface area contributed by atoms with Gasteiger partial charge in [-0.15, -0.1) is 0 Å². The zero-order valence-electron chi connectivity index (χ0n) is 9.03. The molecule has 0 amide bonds. The number of nitrogen functional groups attached to an aromatic ring is 1. The second kappa shape index (κ2) is 7.05. The van der Waals surface area contributed by atoms with Crippen molar-refractivity contribution in [3.8, 4) is 0 Å². The van der Waals surface area contributed by atoms with Gasteiger partial charge in [0.1, 0.15) is 0 Å². The summed E-state index contributed by atoms with van der Waals surface area (Å²) in [6.45, 7) is 4.47. The second-order valence-electron chi connectivity index (χ2n) is 3.19. The molecule has 0 aliphatic rings. The van der Waals surface area contributed by atoms with Gasteiger partial charge in [-0.1, -0.05) is 23.5 Å². The first-order chi connectivity index (χ1) is 7.33. The zero-order chi connectivity index (χ0) is 10.9. The molecule has 0 fully saturated rings. The molecule has 0 unspecified atom stereocenters. The first-order valence-corrected chi connectivity index (χ1v) is 5.23. The summed E-state index contributed by atoms with van der Waals surface area (Å²) in [7, 11) is 0. The number of aromatic nitrogens is 2. The lowest BCUT2D eigenvalue weighted by Gasteiger charge is -2.03. The van der Waals surface area contributed by atoms with Gasteiger partial charge >= 0.3 is 12.0 Å². The summed E-state index contributed by atoms with van der Waals surface area (Å²) in [5, 5.41) is 10.1. The van der Waals surface area contributed by atoms with Gasteiger partial charge in [0.05, 0.1) is 0 Å². The van der Waals surface area contributed by atoms with Gasteiger partial charge in [0.15, 0.2) is 0 Å². The molecule has 1 aromatic heterocycles. The Balaban J connectivity index is 1.93. The summed E-state index contributed by atoms with van der Waals surface area (Å²) in [6, 6.07) is 0.442. The number of unbranched alkanes of at least 4 members (excludes halogenated alkanes) is 1. The minimum atomic E-state index is 0.0803. The highest BCUT2D eigenvalue weighted by molar-refractivity contribution is 5.21. The van der Waals surface area contributed by atoms with Crippen molar-refractivity contribution in [3.05, 3.63) is 0 Å². The lowest BCUT2D eigenvalue weighted by atomic mass is 10.4. The van der Waals surface area contributed by atoms with Gasteiger partial charge in [0, 0.05) is 19.8 Å². The van der Waals surface area contributed by atoms with E-state index < -0.39 is 0 Å². The summed E-state index contributed by atoms with van der Waals surface area (Å²) in [4.78, 5) is 0. The Bertz CT molecular complexity index is 264. The first kappa shape index (κ1) is 11.8. The lowest BCUT2D eigenvalue weighted by Crippen LogP contribution is -2.06. The van der Waals surface area contributed by atoms with Gasteiger partial charge in [0.2, 0.25) is 0 Å². The highest BCUT2D eigenvalue weighted by atomic mass is 16.5. The average molecular weight is 214 g/mol. The van der Waals surface area contributed by atoms with Crippen LogP contribution >= 0.6 is 0 Å². The Morgan fingerprint density at radius 3 is 2.80 bits per heavy atom. The Morgan fingerprint density at radius 2 is 2.13 bits per heavy atom. The normalized spacial score (nSPS) is 10.5. The maximum Gasteiger partial charge on any atom is 0.316 e. The molecule has 6 heteroatoms. The van der Waals surface area contributed by atoms with E-state index in [9.17, 15) is 0 Å². The van der Waals surface area contributed by atoms with Crippen LogP contribution in [0.5, 0.6) is 0 Å². The number of nitrogens with two attached hydrogens (primary N) is 1. The number of ether oxygens (including phenoxy) is 1. The molecule has 1 heterocycles. The third kappa shape index (κ3) is 5.21.